The highest BCUT2D eigenvalue weighted by Gasteiger charge is 2.38. The third-order valence-corrected chi connectivity index (χ3v) is 4.91. The maximum atomic E-state index is 11.7. The molecule has 3 rings (SSSR count). The standard InChI is InChI=1S/C17H22O3/c18-16(19)17(8-2-1-3-9-17)10-6-13-4-5-15-14(12-13)7-11-20-15/h4-5,12H,1-3,6-11H2,(H,18,19). The van der Waals surface area contributed by atoms with Crippen LogP contribution in [0.1, 0.15) is 49.7 Å². The lowest BCUT2D eigenvalue weighted by Crippen LogP contribution is -2.33. The highest BCUT2D eigenvalue weighted by molar-refractivity contribution is 5.74. The molecule has 0 atom stereocenters. The number of aliphatic carboxylic acids is 1. The zero-order valence-corrected chi connectivity index (χ0v) is 11.9. The van der Waals surface area contributed by atoms with Crippen molar-refractivity contribution < 1.29 is 14.6 Å². The van der Waals surface area contributed by atoms with Crippen molar-refractivity contribution in [2.75, 3.05) is 6.61 Å². The van der Waals surface area contributed by atoms with Gasteiger partial charge in [-0.25, -0.2) is 0 Å². The summed E-state index contributed by atoms with van der Waals surface area (Å²) in [5.74, 6) is 0.404. The fraction of sp³-hybridized carbons (Fsp3) is 0.588. The Bertz CT molecular complexity index is 501. The summed E-state index contributed by atoms with van der Waals surface area (Å²) in [6.07, 6.45) is 7.60. The van der Waals surface area contributed by atoms with Gasteiger partial charge in [0.05, 0.1) is 12.0 Å². The van der Waals surface area contributed by atoms with Crippen LogP contribution in [0.25, 0.3) is 0 Å². The molecule has 0 saturated heterocycles. The zero-order chi connectivity index (χ0) is 14.0. The minimum atomic E-state index is -0.596. The lowest BCUT2D eigenvalue weighted by Gasteiger charge is -2.33. The van der Waals surface area contributed by atoms with E-state index in [1.54, 1.807) is 0 Å². The number of hydrogen-bond acceptors (Lipinski definition) is 2. The summed E-state index contributed by atoms with van der Waals surface area (Å²) < 4.78 is 5.51. The van der Waals surface area contributed by atoms with E-state index in [9.17, 15) is 9.90 Å². The molecule has 2 aliphatic rings. The van der Waals surface area contributed by atoms with Crippen molar-refractivity contribution in [1.82, 2.24) is 0 Å². The first-order chi connectivity index (χ1) is 9.70. The van der Waals surface area contributed by atoms with Crippen LogP contribution < -0.4 is 4.74 Å². The van der Waals surface area contributed by atoms with Crippen molar-refractivity contribution in [3.05, 3.63) is 29.3 Å². The van der Waals surface area contributed by atoms with Crippen LogP contribution in [-0.4, -0.2) is 17.7 Å². The molecule has 0 amide bonds. The van der Waals surface area contributed by atoms with Crippen molar-refractivity contribution in [2.24, 2.45) is 5.41 Å². The van der Waals surface area contributed by atoms with Crippen LogP contribution in [0, 0.1) is 5.41 Å². The predicted octanol–water partition coefficient (Wildman–Crippen LogP) is 3.59. The maximum Gasteiger partial charge on any atom is 0.309 e. The Balaban J connectivity index is 1.69. The number of ether oxygens (including phenoxy) is 1. The molecule has 1 aliphatic heterocycles. The van der Waals surface area contributed by atoms with E-state index in [0.717, 1.165) is 57.3 Å². The summed E-state index contributed by atoms with van der Waals surface area (Å²) in [7, 11) is 0. The molecule has 1 aromatic carbocycles. The summed E-state index contributed by atoms with van der Waals surface area (Å²) in [5, 5.41) is 9.60. The molecular formula is C17H22O3. The first kappa shape index (κ1) is 13.5. The van der Waals surface area contributed by atoms with Gasteiger partial charge in [-0.15, -0.1) is 0 Å². The molecule has 0 aromatic heterocycles. The molecule has 1 aromatic rings. The summed E-state index contributed by atoms with van der Waals surface area (Å²) in [5.41, 5.74) is 2.05. The van der Waals surface area contributed by atoms with Gasteiger partial charge < -0.3 is 9.84 Å². The molecule has 3 heteroatoms. The Morgan fingerprint density at radius 1 is 1.25 bits per heavy atom. The van der Waals surface area contributed by atoms with Gasteiger partial charge in [-0.05, 0) is 42.9 Å². The number of aryl methyl sites for hydroxylation is 1. The largest absolute Gasteiger partial charge is 0.493 e. The van der Waals surface area contributed by atoms with Crippen LogP contribution in [0.4, 0.5) is 0 Å². The average molecular weight is 274 g/mol. The summed E-state index contributed by atoms with van der Waals surface area (Å²) in [6.45, 7) is 0.776. The second-order valence-corrected chi connectivity index (χ2v) is 6.19. The third kappa shape index (κ3) is 2.54. The van der Waals surface area contributed by atoms with Crippen LogP contribution in [-0.2, 0) is 17.6 Å². The normalized spacial score (nSPS) is 20.2. The molecule has 0 spiro atoms. The van der Waals surface area contributed by atoms with Gasteiger partial charge in [0.25, 0.3) is 0 Å². The molecule has 0 unspecified atom stereocenters. The van der Waals surface area contributed by atoms with E-state index in [-0.39, 0.29) is 0 Å². The van der Waals surface area contributed by atoms with E-state index >= 15 is 0 Å². The lowest BCUT2D eigenvalue weighted by atomic mass is 9.70. The Morgan fingerprint density at radius 2 is 2.05 bits per heavy atom. The number of fused-ring (bicyclic) bond motifs is 1. The number of carboxylic acids is 1. The van der Waals surface area contributed by atoms with Crippen LogP contribution in [0.2, 0.25) is 0 Å². The molecule has 0 bridgehead atoms. The average Bonchev–Trinajstić information content (AvgIpc) is 2.93. The van der Waals surface area contributed by atoms with Gasteiger partial charge in [0.15, 0.2) is 0 Å². The van der Waals surface area contributed by atoms with E-state index in [1.165, 1.54) is 17.5 Å². The van der Waals surface area contributed by atoms with Gasteiger partial charge >= 0.3 is 5.97 Å². The molecule has 0 radical (unpaired) electrons. The second-order valence-electron chi connectivity index (χ2n) is 6.19. The van der Waals surface area contributed by atoms with Crippen molar-refractivity contribution in [1.29, 1.82) is 0 Å². The summed E-state index contributed by atoms with van der Waals surface area (Å²) >= 11 is 0. The van der Waals surface area contributed by atoms with Crippen LogP contribution in [0.3, 0.4) is 0 Å². The van der Waals surface area contributed by atoms with Gasteiger partial charge in [0.1, 0.15) is 5.75 Å². The van der Waals surface area contributed by atoms with E-state index in [4.69, 9.17) is 4.74 Å². The van der Waals surface area contributed by atoms with E-state index in [0.29, 0.717) is 0 Å². The Kier molecular flexibility index (Phi) is 3.68. The number of rotatable bonds is 4. The summed E-state index contributed by atoms with van der Waals surface area (Å²) in [4.78, 5) is 11.7. The predicted molar refractivity (Wildman–Crippen MR) is 77.1 cm³/mol. The van der Waals surface area contributed by atoms with Crippen LogP contribution in [0.15, 0.2) is 18.2 Å². The molecular weight excluding hydrogens is 252 g/mol. The molecule has 1 aliphatic carbocycles. The summed E-state index contributed by atoms with van der Waals surface area (Å²) in [6, 6.07) is 6.31. The Morgan fingerprint density at radius 3 is 2.80 bits per heavy atom. The van der Waals surface area contributed by atoms with Crippen molar-refractivity contribution >= 4 is 5.97 Å². The number of carboxylic acid groups (broad SMARTS) is 1. The number of benzene rings is 1. The highest BCUT2D eigenvalue weighted by atomic mass is 16.5. The monoisotopic (exact) mass is 274 g/mol. The maximum absolute atomic E-state index is 11.7. The molecule has 108 valence electrons. The quantitative estimate of drug-likeness (QED) is 0.912. The lowest BCUT2D eigenvalue weighted by molar-refractivity contribution is -0.151. The number of carbonyl (C=O) groups is 1. The van der Waals surface area contributed by atoms with Crippen molar-refractivity contribution in [2.45, 2.75) is 51.4 Å². The molecule has 1 saturated carbocycles. The molecule has 1 fully saturated rings. The van der Waals surface area contributed by atoms with Gasteiger partial charge in [-0.1, -0.05) is 31.4 Å². The Labute approximate surface area is 120 Å². The Hall–Kier alpha value is -1.51. The highest BCUT2D eigenvalue weighted by Crippen LogP contribution is 2.40. The fourth-order valence-electron chi connectivity index (χ4n) is 3.58. The minimum absolute atomic E-state index is 0.478. The molecule has 1 heterocycles. The first-order valence-corrected chi connectivity index (χ1v) is 7.68. The third-order valence-electron chi connectivity index (χ3n) is 4.91. The van der Waals surface area contributed by atoms with Gasteiger partial charge in [0, 0.05) is 6.42 Å². The van der Waals surface area contributed by atoms with Crippen LogP contribution in [0.5, 0.6) is 5.75 Å². The number of hydrogen-bond donors (Lipinski definition) is 1. The van der Waals surface area contributed by atoms with Crippen LogP contribution >= 0.6 is 0 Å². The first-order valence-electron chi connectivity index (χ1n) is 7.68. The van der Waals surface area contributed by atoms with E-state index in [2.05, 4.69) is 12.1 Å². The van der Waals surface area contributed by atoms with Crippen molar-refractivity contribution in [3.8, 4) is 5.75 Å². The van der Waals surface area contributed by atoms with E-state index < -0.39 is 11.4 Å². The molecule has 20 heavy (non-hydrogen) atoms. The topological polar surface area (TPSA) is 46.5 Å². The fourth-order valence-corrected chi connectivity index (χ4v) is 3.58. The van der Waals surface area contributed by atoms with Gasteiger partial charge in [0.2, 0.25) is 0 Å². The van der Waals surface area contributed by atoms with E-state index in [1.807, 2.05) is 6.07 Å². The van der Waals surface area contributed by atoms with Gasteiger partial charge in [-0.2, -0.15) is 0 Å². The SMILES string of the molecule is O=C(O)C1(CCc2ccc3c(c2)CCO3)CCCCC1. The zero-order valence-electron chi connectivity index (χ0n) is 11.9. The second kappa shape index (κ2) is 5.47. The molecule has 3 nitrogen and oxygen atoms in total. The smallest absolute Gasteiger partial charge is 0.309 e. The van der Waals surface area contributed by atoms with Crippen molar-refractivity contribution in [3.63, 3.8) is 0 Å². The minimum Gasteiger partial charge on any atom is -0.493 e. The molecule has 1 N–H and O–H groups in total. The van der Waals surface area contributed by atoms with Gasteiger partial charge in [-0.3, -0.25) is 4.79 Å².